The van der Waals surface area contributed by atoms with Gasteiger partial charge in [-0.25, -0.2) is 4.79 Å². The van der Waals surface area contributed by atoms with Gasteiger partial charge in [-0.2, -0.15) is 0 Å². The third-order valence-electron chi connectivity index (χ3n) is 4.93. The Balaban J connectivity index is 2.28. The molecule has 0 heterocycles. The highest BCUT2D eigenvalue weighted by atomic mass is 16.3. The van der Waals surface area contributed by atoms with E-state index < -0.39 is 0 Å². The highest BCUT2D eigenvalue weighted by Gasteiger charge is 2.27. The van der Waals surface area contributed by atoms with E-state index in [1.165, 1.54) is 38.5 Å². The van der Waals surface area contributed by atoms with Gasteiger partial charge in [0.25, 0.3) is 0 Å². The number of hydrogen-bond donors (Lipinski definition) is 2. The van der Waals surface area contributed by atoms with E-state index in [-0.39, 0.29) is 24.2 Å². The topological polar surface area (TPSA) is 52.6 Å². The molecule has 1 rings (SSSR count). The van der Waals surface area contributed by atoms with E-state index in [1.54, 1.807) is 0 Å². The Labute approximate surface area is 143 Å². The van der Waals surface area contributed by atoms with Gasteiger partial charge >= 0.3 is 6.03 Å². The molecule has 2 atom stereocenters. The molecule has 1 aliphatic rings. The second kappa shape index (κ2) is 11.7. The number of urea groups is 1. The molecule has 0 radical (unpaired) electrons. The second-order valence-electron chi connectivity index (χ2n) is 7.32. The fraction of sp³-hybridized carbons (Fsp3) is 0.947. The third kappa shape index (κ3) is 8.05. The summed E-state index contributed by atoms with van der Waals surface area (Å²) in [4.78, 5) is 14.4. The molecule has 0 bridgehead atoms. The first-order valence-electron chi connectivity index (χ1n) is 9.81. The molecule has 0 saturated heterocycles. The van der Waals surface area contributed by atoms with E-state index >= 15 is 0 Å². The molecule has 0 unspecified atom stereocenters. The summed E-state index contributed by atoms with van der Waals surface area (Å²) in [5.74, 6) is 0. The molecule has 2 amide bonds. The largest absolute Gasteiger partial charge is 0.391 e. The maximum atomic E-state index is 12.5. The Bertz CT molecular complexity index is 320. The summed E-state index contributed by atoms with van der Waals surface area (Å²) < 4.78 is 0. The van der Waals surface area contributed by atoms with Crippen LogP contribution in [0.25, 0.3) is 0 Å². The monoisotopic (exact) mass is 326 g/mol. The van der Waals surface area contributed by atoms with Crippen LogP contribution in [-0.2, 0) is 0 Å². The summed E-state index contributed by atoms with van der Waals surface area (Å²) in [5, 5.41) is 13.1. The van der Waals surface area contributed by atoms with Gasteiger partial charge in [0.15, 0.2) is 0 Å². The van der Waals surface area contributed by atoms with Gasteiger partial charge in [-0.15, -0.1) is 0 Å². The molecule has 1 saturated carbocycles. The molecule has 136 valence electrons. The zero-order valence-electron chi connectivity index (χ0n) is 15.5. The zero-order chi connectivity index (χ0) is 17.1. The first-order valence-corrected chi connectivity index (χ1v) is 9.81. The Hall–Kier alpha value is -0.770. The number of aliphatic hydroxyl groups is 1. The van der Waals surface area contributed by atoms with E-state index in [1.807, 2.05) is 4.90 Å². The minimum Gasteiger partial charge on any atom is -0.391 e. The van der Waals surface area contributed by atoms with Crippen LogP contribution in [0.1, 0.15) is 91.4 Å². The van der Waals surface area contributed by atoms with Gasteiger partial charge in [0.2, 0.25) is 0 Å². The van der Waals surface area contributed by atoms with E-state index in [9.17, 15) is 9.90 Å². The lowest BCUT2D eigenvalue weighted by Crippen LogP contribution is -2.52. The van der Waals surface area contributed by atoms with Crippen molar-refractivity contribution in [1.82, 2.24) is 10.2 Å². The number of amides is 2. The van der Waals surface area contributed by atoms with Crippen LogP contribution in [0.4, 0.5) is 4.79 Å². The van der Waals surface area contributed by atoms with E-state index in [4.69, 9.17) is 0 Å². The van der Waals surface area contributed by atoms with E-state index in [2.05, 4.69) is 26.1 Å². The molecule has 4 heteroatoms. The average Bonchev–Trinajstić information content (AvgIpc) is 2.51. The number of carbonyl (C=O) groups is 1. The highest BCUT2D eigenvalue weighted by molar-refractivity contribution is 5.74. The standard InChI is InChI=1S/C19H38N2O2/c1-4-5-6-7-8-9-12-15-21(16(2)3)19(23)20-17-13-10-11-14-18(17)22/h16-18,22H,4-15H2,1-3H3,(H,20,23)/t17-,18-/m0/s1. The molecule has 1 fully saturated rings. The summed E-state index contributed by atoms with van der Waals surface area (Å²) in [7, 11) is 0. The minimum absolute atomic E-state index is 0.00284. The van der Waals surface area contributed by atoms with Crippen molar-refractivity contribution in [2.24, 2.45) is 0 Å². The fourth-order valence-corrected chi connectivity index (χ4v) is 3.35. The molecule has 23 heavy (non-hydrogen) atoms. The predicted octanol–water partition coefficient (Wildman–Crippen LogP) is 4.46. The maximum absolute atomic E-state index is 12.5. The van der Waals surface area contributed by atoms with Crippen molar-refractivity contribution < 1.29 is 9.90 Å². The Morgan fingerprint density at radius 1 is 1.09 bits per heavy atom. The van der Waals surface area contributed by atoms with Gasteiger partial charge in [-0.3, -0.25) is 0 Å². The number of rotatable bonds is 10. The number of nitrogens with one attached hydrogen (secondary N) is 1. The van der Waals surface area contributed by atoms with Crippen molar-refractivity contribution >= 4 is 6.03 Å². The van der Waals surface area contributed by atoms with Gasteiger partial charge in [0.05, 0.1) is 12.1 Å². The van der Waals surface area contributed by atoms with Crippen LogP contribution in [0.15, 0.2) is 0 Å². The number of aliphatic hydroxyl groups excluding tert-OH is 1. The van der Waals surface area contributed by atoms with Gasteiger partial charge in [0.1, 0.15) is 0 Å². The summed E-state index contributed by atoms with van der Waals surface area (Å²) in [6.45, 7) is 7.19. The lowest BCUT2D eigenvalue weighted by molar-refractivity contribution is 0.0880. The first kappa shape index (κ1) is 20.3. The van der Waals surface area contributed by atoms with Gasteiger partial charge in [0, 0.05) is 12.6 Å². The predicted molar refractivity (Wildman–Crippen MR) is 96.6 cm³/mol. The molecular weight excluding hydrogens is 288 g/mol. The van der Waals surface area contributed by atoms with Crippen LogP contribution >= 0.6 is 0 Å². The SMILES string of the molecule is CCCCCCCCCN(C(=O)N[C@H]1CCCC[C@@H]1O)C(C)C. The molecule has 1 aliphatic carbocycles. The molecule has 0 spiro atoms. The molecule has 0 aliphatic heterocycles. The van der Waals surface area contributed by atoms with E-state index in [0.29, 0.717) is 0 Å². The van der Waals surface area contributed by atoms with Crippen molar-refractivity contribution in [3.8, 4) is 0 Å². The quantitative estimate of drug-likeness (QED) is 0.582. The second-order valence-corrected chi connectivity index (χ2v) is 7.32. The zero-order valence-corrected chi connectivity index (χ0v) is 15.5. The average molecular weight is 327 g/mol. The van der Waals surface area contributed by atoms with E-state index in [0.717, 1.165) is 38.6 Å². The maximum Gasteiger partial charge on any atom is 0.317 e. The normalized spacial score (nSPS) is 21.4. The number of carbonyl (C=O) groups excluding carboxylic acids is 1. The number of nitrogens with zero attached hydrogens (tertiary/aromatic N) is 1. The summed E-state index contributed by atoms with van der Waals surface area (Å²) in [6, 6.07) is 0.138. The van der Waals surface area contributed by atoms with Crippen LogP contribution in [0.5, 0.6) is 0 Å². The smallest absolute Gasteiger partial charge is 0.317 e. The van der Waals surface area contributed by atoms with Crippen LogP contribution in [-0.4, -0.2) is 40.8 Å². The molecular formula is C19H38N2O2. The van der Waals surface area contributed by atoms with Crippen LogP contribution in [0.3, 0.4) is 0 Å². The summed E-state index contributed by atoms with van der Waals surface area (Å²) in [6.07, 6.45) is 12.3. The lowest BCUT2D eigenvalue weighted by Gasteiger charge is -2.33. The van der Waals surface area contributed by atoms with Crippen molar-refractivity contribution in [2.45, 2.75) is 110 Å². The summed E-state index contributed by atoms with van der Waals surface area (Å²) in [5.41, 5.74) is 0. The molecule has 0 aromatic rings. The molecule has 4 nitrogen and oxygen atoms in total. The Morgan fingerprint density at radius 2 is 1.70 bits per heavy atom. The van der Waals surface area contributed by atoms with Crippen molar-refractivity contribution in [3.63, 3.8) is 0 Å². The van der Waals surface area contributed by atoms with Crippen molar-refractivity contribution in [1.29, 1.82) is 0 Å². The van der Waals surface area contributed by atoms with Gasteiger partial charge < -0.3 is 15.3 Å². The highest BCUT2D eigenvalue weighted by Crippen LogP contribution is 2.19. The Morgan fingerprint density at radius 3 is 2.30 bits per heavy atom. The minimum atomic E-state index is -0.375. The Kier molecular flexibility index (Phi) is 10.3. The van der Waals surface area contributed by atoms with Crippen LogP contribution < -0.4 is 5.32 Å². The van der Waals surface area contributed by atoms with Gasteiger partial charge in [-0.1, -0.05) is 58.3 Å². The number of unbranched alkanes of at least 4 members (excludes halogenated alkanes) is 6. The molecule has 0 aromatic carbocycles. The molecule has 2 N–H and O–H groups in total. The molecule has 0 aromatic heterocycles. The number of hydrogen-bond acceptors (Lipinski definition) is 2. The fourth-order valence-electron chi connectivity index (χ4n) is 3.35. The van der Waals surface area contributed by atoms with Crippen LogP contribution in [0.2, 0.25) is 0 Å². The third-order valence-corrected chi connectivity index (χ3v) is 4.93. The van der Waals surface area contributed by atoms with Crippen LogP contribution in [0, 0.1) is 0 Å². The van der Waals surface area contributed by atoms with Gasteiger partial charge in [-0.05, 0) is 33.1 Å². The first-order chi connectivity index (χ1) is 11.1. The summed E-state index contributed by atoms with van der Waals surface area (Å²) >= 11 is 0. The van der Waals surface area contributed by atoms with Crippen molar-refractivity contribution in [2.75, 3.05) is 6.54 Å². The lowest BCUT2D eigenvalue weighted by atomic mass is 9.93. The van der Waals surface area contributed by atoms with Crippen molar-refractivity contribution in [3.05, 3.63) is 0 Å².